The molecule has 44 nitrogen and oxygen atoms in total. The van der Waals surface area contributed by atoms with Crippen molar-refractivity contribution in [1.29, 1.82) is 0 Å². The molecule has 0 aromatic heterocycles. The van der Waals surface area contributed by atoms with Gasteiger partial charge in [0.15, 0.2) is 50.3 Å². The van der Waals surface area contributed by atoms with Crippen LogP contribution in [0, 0.1) is 0 Å². The highest BCUT2D eigenvalue weighted by molar-refractivity contribution is 5.74. The summed E-state index contributed by atoms with van der Waals surface area (Å²) in [4.78, 5) is 38.6. The number of hydrogen-bond acceptors (Lipinski definition) is 41. The zero-order chi connectivity index (χ0) is 72.2. The summed E-state index contributed by atoms with van der Waals surface area (Å²) in [5.41, 5.74) is 0. The van der Waals surface area contributed by atoms with E-state index in [1.165, 1.54) is 0 Å². The van der Waals surface area contributed by atoms with E-state index in [2.05, 4.69) is 16.0 Å². The minimum Gasteiger partial charge on any atom is -0.394 e. The van der Waals surface area contributed by atoms with Crippen molar-refractivity contribution in [3.63, 3.8) is 0 Å². The van der Waals surface area contributed by atoms with Crippen LogP contribution in [0.1, 0.15) is 20.8 Å². The van der Waals surface area contributed by atoms with Gasteiger partial charge < -0.3 is 204 Å². The molecule has 8 fully saturated rings. The Morgan fingerprint density at radius 1 is 0.265 bits per heavy atom. The van der Waals surface area contributed by atoms with E-state index < -0.39 is 316 Å². The Balaban J connectivity index is 1.09. The number of carbonyl (C=O) groups excluding carboxylic acids is 3. The summed E-state index contributed by atoms with van der Waals surface area (Å²) < 4.78 is 87.1. The average Bonchev–Trinajstić information content (AvgIpc) is 0.769. The van der Waals surface area contributed by atoms with Crippen LogP contribution in [-0.2, 0) is 85.4 Å². The molecule has 0 saturated carbocycles. The first-order valence-corrected chi connectivity index (χ1v) is 31.1. The summed E-state index contributed by atoms with van der Waals surface area (Å²) in [5, 5.41) is 257. The summed E-state index contributed by atoms with van der Waals surface area (Å²) in [7, 11) is 0. The van der Waals surface area contributed by atoms with Gasteiger partial charge in [-0.25, -0.2) is 0 Å². The topological polar surface area (TPSA) is 691 Å². The molecule has 0 aliphatic carbocycles. The minimum atomic E-state index is -2.45. The summed E-state index contributed by atoms with van der Waals surface area (Å²) in [5.74, 6) is -2.76. The first kappa shape index (κ1) is 80.6. The number of amides is 3. The van der Waals surface area contributed by atoms with E-state index in [9.17, 15) is 132 Å². The minimum absolute atomic E-state index is 0.874. The van der Waals surface area contributed by atoms with Crippen LogP contribution in [0.5, 0.6) is 0 Å². The highest BCUT2D eigenvalue weighted by atomic mass is 16.8. The number of nitrogens with one attached hydrogen (secondary N) is 3. The van der Waals surface area contributed by atoms with E-state index in [0.29, 0.717) is 0 Å². The van der Waals surface area contributed by atoms with E-state index in [1.807, 2.05) is 0 Å². The lowest BCUT2D eigenvalue weighted by Crippen LogP contribution is -2.71. The molecule has 1 unspecified atom stereocenters. The maximum Gasteiger partial charge on any atom is 0.217 e. The molecule has 0 aromatic carbocycles. The average molecular weight is 1440 g/mol. The Bertz CT molecular complexity index is 2510. The first-order chi connectivity index (χ1) is 46.4. The lowest BCUT2D eigenvalue weighted by molar-refractivity contribution is -0.389. The Morgan fingerprint density at radius 3 is 0.878 bits per heavy atom. The molecule has 44 heteroatoms. The monoisotopic (exact) mass is 1440 g/mol. The maximum atomic E-state index is 13.0. The normalized spacial score (nSPS) is 49.5. The molecule has 0 spiro atoms. The van der Waals surface area contributed by atoms with Gasteiger partial charge in [0.1, 0.15) is 195 Å². The van der Waals surface area contributed by atoms with Crippen LogP contribution in [0.15, 0.2) is 0 Å². The quantitative estimate of drug-likeness (QED) is 0.0404. The number of ether oxygens (including phenoxy) is 15. The van der Waals surface area contributed by atoms with E-state index in [-0.39, 0.29) is 0 Å². The Labute approximate surface area is 554 Å². The number of hydrogen-bond donors (Lipinski definition) is 26. The lowest BCUT2D eigenvalue weighted by Gasteiger charge is -2.51. The molecule has 8 heterocycles. The molecular weight excluding hydrogens is 1350 g/mol. The zero-order valence-electron chi connectivity index (χ0n) is 52.4. The molecule has 8 aliphatic rings. The third kappa shape index (κ3) is 17.5. The maximum absolute atomic E-state index is 13.0. The zero-order valence-corrected chi connectivity index (χ0v) is 52.4. The number of carbonyl (C=O) groups is 3. The second-order valence-corrected chi connectivity index (χ2v) is 24.6. The molecule has 26 N–H and O–H groups in total. The third-order valence-electron chi connectivity index (χ3n) is 17.8. The fourth-order valence-corrected chi connectivity index (χ4v) is 12.6. The van der Waals surface area contributed by atoms with Crippen molar-refractivity contribution < 1.29 is 203 Å². The SMILES string of the molecule is CC(=O)N[C@H]1[C@H](OC[C@H]2O[C@@H](O[C@H]3[C@H](O)[C@@H](NC(C)=O)[C@H](O[C@H]4[C@@H](O)[C@@H](CO)O[C@@H](O[C@H]5[C@H](O)[C@@H](O)C(O)O[C@@H]5CO)[C@@H]4O)O[C@@H]3CO)[C@H](O)[C@@H](O[C@@H]3O[C@H](CO)[C@@H](O[C@@H]4O[C@H](CO)[C@H](O)[C@H](O)[C@H]4O)[C@H](O)[C@H]3NC(C)=O)[C@H]2O)O[C@H](CO)[C@@H](O[C@@H]2O[C@H](CO)[C@H](O)[C@H](O)[C@H]2O)[C@@H]1O. The van der Waals surface area contributed by atoms with Crippen LogP contribution in [0.25, 0.3) is 0 Å². The van der Waals surface area contributed by atoms with Crippen LogP contribution in [0.3, 0.4) is 0 Å². The van der Waals surface area contributed by atoms with Gasteiger partial charge in [0, 0.05) is 20.8 Å². The van der Waals surface area contributed by atoms with Crippen molar-refractivity contribution in [2.45, 2.75) is 266 Å². The van der Waals surface area contributed by atoms with Gasteiger partial charge in [-0.1, -0.05) is 0 Å². The van der Waals surface area contributed by atoms with Crippen molar-refractivity contribution in [2.24, 2.45) is 0 Å². The highest BCUT2D eigenvalue weighted by Gasteiger charge is 2.60. The molecule has 8 aliphatic heterocycles. The molecule has 8 rings (SSSR count). The van der Waals surface area contributed by atoms with Crippen molar-refractivity contribution in [2.75, 3.05) is 52.9 Å². The van der Waals surface area contributed by atoms with E-state index >= 15 is 0 Å². The van der Waals surface area contributed by atoms with Gasteiger partial charge in [0.25, 0.3) is 0 Å². The van der Waals surface area contributed by atoms with Gasteiger partial charge in [0.05, 0.1) is 52.9 Å². The molecule has 8 saturated heterocycles. The van der Waals surface area contributed by atoms with Gasteiger partial charge >= 0.3 is 0 Å². The third-order valence-corrected chi connectivity index (χ3v) is 17.8. The fourth-order valence-electron chi connectivity index (χ4n) is 12.6. The van der Waals surface area contributed by atoms with Gasteiger partial charge in [0.2, 0.25) is 17.7 Å². The molecule has 0 radical (unpaired) electrons. The smallest absolute Gasteiger partial charge is 0.217 e. The van der Waals surface area contributed by atoms with Gasteiger partial charge in [-0.2, -0.15) is 0 Å². The Hall–Kier alpha value is -3.11. The first-order valence-electron chi connectivity index (χ1n) is 31.1. The highest BCUT2D eigenvalue weighted by Crippen LogP contribution is 2.39. The van der Waals surface area contributed by atoms with Gasteiger partial charge in [-0.3, -0.25) is 14.4 Å². The molecule has 0 bridgehead atoms. The molecule has 40 atom stereocenters. The number of rotatable bonds is 25. The van der Waals surface area contributed by atoms with E-state index in [1.54, 1.807) is 0 Å². The number of aliphatic hydroxyl groups excluding tert-OH is 23. The lowest BCUT2D eigenvalue weighted by atomic mass is 9.93. The molecular formula is C54H91N3O41. The summed E-state index contributed by atoms with van der Waals surface area (Å²) >= 11 is 0. The second-order valence-electron chi connectivity index (χ2n) is 24.6. The molecule has 568 valence electrons. The van der Waals surface area contributed by atoms with Crippen LogP contribution >= 0.6 is 0 Å². The molecule has 0 aromatic rings. The van der Waals surface area contributed by atoms with Crippen LogP contribution in [0.2, 0.25) is 0 Å². The molecule has 98 heavy (non-hydrogen) atoms. The van der Waals surface area contributed by atoms with Crippen molar-refractivity contribution in [3.8, 4) is 0 Å². The molecule has 3 amide bonds. The predicted octanol–water partition coefficient (Wildman–Crippen LogP) is -18.0. The van der Waals surface area contributed by atoms with Crippen LogP contribution in [0.4, 0.5) is 0 Å². The van der Waals surface area contributed by atoms with Gasteiger partial charge in [-0.05, 0) is 0 Å². The summed E-state index contributed by atoms with van der Waals surface area (Å²) in [6, 6.07) is -5.64. The Morgan fingerprint density at radius 2 is 0.531 bits per heavy atom. The van der Waals surface area contributed by atoms with E-state index in [0.717, 1.165) is 20.8 Å². The fraction of sp³-hybridized carbons (Fsp3) is 0.944. The standard InChI is InChI=1S/C54H91N3O41/c1-12(65)55-23-30(72)41(93-51-37(79)33(75)26(68)15(4-58)86-51)19(8-62)89-48(23)84-11-22-29(71)46(98-50-24(56-13(2)66)31(73)42(20(9-63)90-50)94-52-38(80)34(76)27(69)16(5-59)87-52)40(82)54(92-22)95-43-21(10-64)91-49(25(32(43)74)57-14(3)67)97-45-28(70)17(6-60)88-53(39(45)81)96-44-18(7-61)85-47(83)36(78)35(44)77/h15-54,58-64,68-83H,4-11H2,1-3H3,(H,55,65)(H,56,66)(H,57,67)/t15-,16-,17-,18-,19-,20-,21-,22-,23-,24-,25-,26+,27+,28+,29+,30-,31-,32-,33+,34+,35-,36-,37-,38-,39-,40-,41-,42-,43-,44-,45+,46+,47?,48-,49+,50+,51+,52+,53+,54+/m1/s1. The van der Waals surface area contributed by atoms with Crippen LogP contribution in [-0.4, -0.2) is 433 Å². The Kier molecular flexibility index (Phi) is 28.9. The van der Waals surface area contributed by atoms with Crippen LogP contribution < -0.4 is 16.0 Å². The predicted molar refractivity (Wildman–Crippen MR) is 299 cm³/mol. The second kappa shape index (κ2) is 35.1. The van der Waals surface area contributed by atoms with Gasteiger partial charge in [-0.15, -0.1) is 0 Å². The summed E-state index contributed by atoms with van der Waals surface area (Å²) in [6.45, 7) is -5.39. The van der Waals surface area contributed by atoms with Crippen molar-refractivity contribution >= 4 is 17.7 Å². The largest absolute Gasteiger partial charge is 0.394 e. The van der Waals surface area contributed by atoms with Crippen molar-refractivity contribution in [1.82, 2.24) is 16.0 Å². The number of aliphatic hydroxyl groups is 23. The van der Waals surface area contributed by atoms with E-state index in [4.69, 9.17) is 71.1 Å². The summed E-state index contributed by atoms with van der Waals surface area (Å²) in [6.07, 6.45) is -73.9. The van der Waals surface area contributed by atoms with Crippen molar-refractivity contribution in [3.05, 3.63) is 0 Å².